The number of fused-ring (bicyclic) bond motifs is 2. The van der Waals surface area contributed by atoms with E-state index in [0.717, 1.165) is 36.5 Å². The summed E-state index contributed by atoms with van der Waals surface area (Å²) in [4.78, 5) is 29.6. The molecule has 2 aromatic heterocycles. The average molecular weight is 358 g/mol. The van der Waals surface area contributed by atoms with Gasteiger partial charge in [0.25, 0.3) is 5.56 Å². The molecule has 0 radical (unpaired) electrons. The first kappa shape index (κ1) is 16.4. The normalized spacial score (nSPS) is 13.2. The molecule has 4 rings (SSSR count). The van der Waals surface area contributed by atoms with Crippen LogP contribution in [0.1, 0.15) is 17.9 Å². The van der Waals surface area contributed by atoms with Crippen molar-refractivity contribution in [3.8, 4) is 0 Å². The van der Waals surface area contributed by atoms with E-state index in [1.807, 2.05) is 0 Å². The SMILES string of the molecule is Cc1cc2nc3n(c(=O)c2n1CC(=O)Nc1ccc(F)c(F)c1)CCC3. The molecule has 6 nitrogen and oxygen atoms in total. The molecule has 0 fully saturated rings. The Hall–Kier alpha value is -3.03. The number of hydrogen-bond acceptors (Lipinski definition) is 3. The number of carbonyl (C=O) groups is 1. The molecular weight excluding hydrogens is 342 g/mol. The van der Waals surface area contributed by atoms with Crippen LogP contribution in [0.2, 0.25) is 0 Å². The summed E-state index contributed by atoms with van der Waals surface area (Å²) in [5.41, 5.74) is 1.68. The number of carbonyl (C=O) groups excluding carboxylic acids is 1. The number of halogens is 2. The van der Waals surface area contributed by atoms with E-state index in [1.54, 1.807) is 22.1 Å². The zero-order valence-electron chi connectivity index (χ0n) is 14.1. The monoisotopic (exact) mass is 358 g/mol. The fourth-order valence-corrected chi connectivity index (χ4v) is 3.35. The number of hydrogen-bond donors (Lipinski definition) is 1. The van der Waals surface area contributed by atoms with Crippen molar-refractivity contribution in [2.45, 2.75) is 32.9 Å². The highest BCUT2D eigenvalue weighted by Gasteiger charge is 2.20. The van der Waals surface area contributed by atoms with E-state index in [9.17, 15) is 18.4 Å². The van der Waals surface area contributed by atoms with Crippen LogP contribution in [-0.4, -0.2) is 20.0 Å². The number of nitrogens with one attached hydrogen (secondary N) is 1. The van der Waals surface area contributed by atoms with Crippen molar-refractivity contribution in [1.29, 1.82) is 0 Å². The smallest absolute Gasteiger partial charge is 0.278 e. The third-order valence-electron chi connectivity index (χ3n) is 4.58. The number of amides is 1. The largest absolute Gasteiger partial charge is 0.330 e. The predicted octanol–water partition coefficient (Wildman–Crippen LogP) is 2.37. The van der Waals surface area contributed by atoms with Gasteiger partial charge in [0.05, 0.1) is 5.52 Å². The van der Waals surface area contributed by atoms with Crippen LogP contribution in [0.25, 0.3) is 11.0 Å². The van der Waals surface area contributed by atoms with Crippen LogP contribution >= 0.6 is 0 Å². The lowest BCUT2D eigenvalue weighted by molar-refractivity contribution is -0.116. The first-order valence-electron chi connectivity index (χ1n) is 8.28. The predicted molar refractivity (Wildman–Crippen MR) is 92.0 cm³/mol. The van der Waals surface area contributed by atoms with E-state index in [-0.39, 0.29) is 17.8 Å². The molecule has 0 bridgehead atoms. The van der Waals surface area contributed by atoms with Gasteiger partial charge in [-0.2, -0.15) is 0 Å². The van der Waals surface area contributed by atoms with Gasteiger partial charge in [0, 0.05) is 30.4 Å². The minimum Gasteiger partial charge on any atom is -0.330 e. The van der Waals surface area contributed by atoms with Crippen LogP contribution in [0.15, 0.2) is 29.1 Å². The molecule has 8 heteroatoms. The van der Waals surface area contributed by atoms with Crippen LogP contribution in [0, 0.1) is 18.6 Å². The highest BCUT2D eigenvalue weighted by atomic mass is 19.2. The van der Waals surface area contributed by atoms with Crippen LogP contribution in [0.5, 0.6) is 0 Å². The van der Waals surface area contributed by atoms with E-state index < -0.39 is 17.5 Å². The first-order valence-corrected chi connectivity index (χ1v) is 8.28. The molecule has 1 aliphatic heterocycles. The number of aromatic nitrogens is 3. The molecule has 1 aliphatic rings. The molecule has 0 aliphatic carbocycles. The maximum Gasteiger partial charge on any atom is 0.278 e. The molecule has 0 saturated heterocycles. The summed E-state index contributed by atoms with van der Waals surface area (Å²) in [7, 11) is 0. The van der Waals surface area contributed by atoms with Crippen LogP contribution in [-0.2, 0) is 24.3 Å². The Kier molecular flexibility index (Phi) is 3.82. The van der Waals surface area contributed by atoms with Gasteiger partial charge >= 0.3 is 0 Å². The fourth-order valence-electron chi connectivity index (χ4n) is 3.35. The second-order valence-corrected chi connectivity index (χ2v) is 6.37. The molecule has 0 spiro atoms. The van der Waals surface area contributed by atoms with Crippen molar-refractivity contribution < 1.29 is 13.6 Å². The van der Waals surface area contributed by atoms with Gasteiger partial charge in [-0.1, -0.05) is 0 Å². The van der Waals surface area contributed by atoms with Crippen LogP contribution in [0.4, 0.5) is 14.5 Å². The highest BCUT2D eigenvalue weighted by Crippen LogP contribution is 2.19. The van der Waals surface area contributed by atoms with Gasteiger partial charge in [-0.05, 0) is 31.5 Å². The molecule has 1 amide bonds. The molecule has 0 unspecified atom stereocenters. The first-order chi connectivity index (χ1) is 12.4. The van der Waals surface area contributed by atoms with Gasteiger partial charge in [0.15, 0.2) is 11.6 Å². The number of benzene rings is 1. The third-order valence-corrected chi connectivity index (χ3v) is 4.58. The van der Waals surface area contributed by atoms with Gasteiger partial charge < -0.3 is 9.88 Å². The number of aryl methyl sites for hydroxylation is 2. The molecule has 26 heavy (non-hydrogen) atoms. The molecule has 3 heterocycles. The second-order valence-electron chi connectivity index (χ2n) is 6.37. The molecule has 134 valence electrons. The summed E-state index contributed by atoms with van der Waals surface area (Å²) in [5, 5.41) is 2.52. The van der Waals surface area contributed by atoms with Gasteiger partial charge in [-0.25, -0.2) is 13.8 Å². The zero-order chi connectivity index (χ0) is 18.4. The van der Waals surface area contributed by atoms with Crippen molar-refractivity contribution in [3.05, 3.63) is 57.8 Å². The summed E-state index contributed by atoms with van der Waals surface area (Å²) in [6.07, 6.45) is 1.65. The topological polar surface area (TPSA) is 68.9 Å². The fraction of sp³-hybridized carbons (Fsp3) is 0.278. The molecule has 0 atom stereocenters. The van der Waals surface area contributed by atoms with Crippen LogP contribution in [0.3, 0.4) is 0 Å². The maximum atomic E-state index is 13.3. The van der Waals surface area contributed by atoms with Crippen molar-refractivity contribution in [2.24, 2.45) is 0 Å². The summed E-state index contributed by atoms with van der Waals surface area (Å²) >= 11 is 0. The summed E-state index contributed by atoms with van der Waals surface area (Å²) in [6.45, 7) is 2.30. The summed E-state index contributed by atoms with van der Waals surface area (Å²) in [6, 6.07) is 4.92. The molecule has 1 aromatic carbocycles. The average Bonchev–Trinajstić information content (AvgIpc) is 3.17. The molecule has 3 aromatic rings. The van der Waals surface area contributed by atoms with Gasteiger partial charge in [0.1, 0.15) is 17.9 Å². The lowest BCUT2D eigenvalue weighted by Gasteiger charge is -2.10. The Morgan fingerprint density at radius 2 is 2.08 bits per heavy atom. The Labute approximate surface area is 147 Å². The number of anilines is 1. The van der Waals surface area contributed by atoms with E-state index in [2.05, 4.69) is 10.3 Å². The van der Waals surface area contributed by atoms with Crippen molar-refractivity contribution >= 4 is 22.6 Å². The van der Waals surface area contributed by atoms with E-state index >= 15 is 0 Å². The highest BCUT2D eigenvalue weighted by molar-refractivity contribution is 5.91. The lowest BCUT2D eigenvalue weighted by atomic mass is 10.3. The Morgan fingerprint density at radius 3 is 2.85 bits per heavy atom. The van der Waals surface area contributed by atoms with Gasteiger partial charge in [-0.3, -0.25) is 14.2 Å². The van der Waals surface area contributed by atoms with E-state index in [0.29, 0.717) is 17.6 Å². The number of nitrogens with zero attached hydrogens (tertiary/aromatic N) is 3. The van der Waals surface area contributed by atoms with E-state index in [1.165, 1.54) is 6.07 Å². The number of rotatable bonds is 3. The second kappa shape index (κ2) is 6.05. The molecular formula is C18H16F2N4O2. The zero-order valence-corrected chi connectivity index (χ0v) is 14.1. The van der Waals surface area contributed by atoms with Gasteiger partial charge in [-0.15, -0.1) is 0 Å². The van der Waals surface area contributed by atoms with Crippen molar-refractivity contribution in [1.82, 2.24) is 14.1 Å². The summed E-state index contributed by atoms with van der Waals surface area (Å²) < 4.78 is 29.5. The molecule has 0 saturated carbocycles. The van der Waals surface area contributed by atoms with Crippen LogP contribution < -0.4 is 10.9 Å². The Morgan fingerprint density at radius 1 is 1.27 bits per heavy atom. The standard InChI is InChI=1S/C18H16F2N4O2/c1-10-7-14-17(18(26)23-6-2-3-15(23)22-14)24(10)9-16(25)21-11-4-5-12(19)13(20)8-11/h4-5,7-8H,2-3,6,9H2,1H3,(H,21,25). The van der Waals surface area contributed by atoms with Gasteiger partial charge in [0.2, 0.25) is 5.91 Å². The Bertz CT molecular complexity index is 1100. The lowest BCUT2D eigenvalue weighted by Crippen LogP contribution is -2.26. The maximum absolute atomic E-state index is 13.3. The molecule has 1 N–H and O–H groups in total. The van der Waals surface area contributed by atoms with E-state index in [4.69, 9.17) is 0 Å². The Balaban J connectivity index is 1.66. The quantitative estimate of drug-likeness (QED) is 0.782. The summed E-state index contributed by atoms with van der Waals surface area (Å²) in [5.74, 6) is -1.70. The van der Waals surface area contributed by atoms with Crippen molar-refractivity contribution in [2.75, 3.05) is 5.32 Å². The minimum atomic E-state index is -1.04. The minimum absolute atomic E-state index is 0.120. The third kappa shape index (κ3) is 2.67. The van der Waals surface area contributed by atoms with Crippen molar-refractivity contribution in [3.63, 3.8) is 0 Å².